The molecule has 8 heterocycles. The van der Waals surface area contributed by atoms with Crippen LogP contribution in [0.25, 0.3) is 32.3 Å². The van der Waals surface area contributed by atoms with E-state index < -0.39 is 11.7 Å². The fourth-order valence-electron chi connectivity index (χ4n) is 10.2. The SMILES string of the molecule is CCCOc1c(OC(C)C)c[n+](CCCOc2cc(COC3CCN(C)C(c4cc5nc(NC(=O)C6CCN(C)CC6)sc5cc4N4CCOCC4)C3)nc3[nH]cc(C(F)(F)F)c23)c2[nH]cc(C(C)C)c12. The van der Waals surface area contributed by atoms with Crippen LogP contribution in [0.5, 0.6) is 17.2 Å². The molecule has 3 N–H and O–H groups in total. The molecule has 5 aromatic heterocycles. The Kier molecular flexibility index (Phi) is 15.6. The molecule has 1 amide bonds. The molecule has 0 aliphatic carbocycles. The van der Waals surface area contributed by atoms with Crippen LogP contribution in [0.3, 0.4) is 0 Å². The van der Waals surface area contributed by atoms with Gasteiger partial charge in [0.1, 0.15) is 23.0 Å². The van der Waals surface area contributed by atoms with Crippen LogP contribution in [0.2, 0.25) is 0 Å². The maximum atomic E-state index is 14.5. The lowest BCUT2D eigenvalue weighted by Crippen LogP contribution is -2.40. The topological polar surface area (TPSA) is 146 Å². The Morgan fingerprint density at radius 3 is 2.48 bits per heavy atom. The largest absolute Gasteiger partial charge is 0.493 e. The molecule has 3 saturated heterocycles. The van der Waals surface area contributed by atoms with Crippen molar-refractivity contribution in [3.05, 3.63) is 59.2 Å². The highest BCUT2D eigenvalue weighted by molar-refractivity contribution is 7.22. The highest BCUT2D eigenvalue weighted by Crippen LogP contribution is 2.43. The lowest BCUT2D eigenvalue weighted by Gasteiger charge is -2.40. The van der Waals surface area contributed by atoms with Crippen molar-refractivity contribution in [3.8, 4) is 17.2 Å². The van der Waals surface area contributed by atoms with Crippen molar-refractivity contribution in [3.63, 3.8) is 0 Å². The van der Waals surface area contributed by atoms with Crippen molar-refractivity contribution >= 4 is 60.3 Å². The normalized spacial score (nSPS) is 19.0. The van der Waals surface area contributed by atoms with Gasteiger partial charge in [-0.2, -0.15) is 13.2 Å². The number of benzene rings is 1. The monoisotopic (exact) mass is 1000 g/mol. The number of carbonyl (C=O) groups is 1. The molecular formula is C52H69F3N9O6S+. The van der Waals surface area contributed by atoms with Gasteiger partial charge in [0.15, 0.2) is 10.9 Å². The highest BCUT2D eigenvalue weighted by Gasteiger charge is 2.37. The molecule has 0 saturated carbocycles. The maximum Gasteiger partial charge on any atom is 0.418 e. The summed E-state index contributed by atoms with van der Waals surface area (Å²) in [6.07, 6.45) is 4.45. The maximum absolute atomic E-state index is 14.5. The Balaban J connectivity index is 0.927. The van der Waals surface area contributed by atoms with Crippen molar-refractivity contribution < 1.29 is 46.2 Å². The highest BCUT2D eigenvalue weighted by atomic mass is 32.1. The zero-order chi connectivity index (χ0) is 50.0. The molecule has 6 aromatic rings. The van der Waals surface area contributed by atoms with Gasteiger partial charge in [-0.05, 0) is 96.8 Å². The Morgan fingerprint density at radius 2 is 1.75 bits per heavy atom. The van der Waals surface area contributed by atoms with Gasteiger partial charge >= 0.3 is 6.18 Å². The summed E-state index contributed by atoms with van der Waals surface area (Å²) in [4.78, 5) is 36.1. The van der Waals surface area contributed by atoms with Crippen LogP contribution in [-0.4, -0.2) is 121 Å². The fourth-order valence-corrected chi connectivity index (χ4v) is 11.1. The van der Waals surface area contributed by atoms with Crippen molar-refractivity contribution in [2.24, 2.45) is 5.92 Å². The number of aromatic nitrogens is 5. The number of nitrogens with zero attached hydrogens (tertiary/aromatic N) is 6. The van der Waals surface area contributed by atoms with Crippen LogP contribution in [0.1, 0.15) is 107 Å². The summed E-state index contributed by atoms with van der Waals surface area (Å²) in [6.45, 7) is 16.9. The van der Waals surface area contributed by atoms with E-state index in [1.54, 1.807) is 6.07 Å². The number of H-pyrrole nitrogens is 2. The number of rotatable bonds is 18. The molecule has 71 heavy (non-hydrogen) atoms. The van der Waals surface area contributed by atoms with Gasteiger partial charge in [-0.1, -0.05) is 32.1 Å². The number of aryl methyl sites for hydroxylation is 1. The standard InChI is InChI=1S/C52H68F3N9O6S/c1-8-19-68-47-43(70-32(4)5)29-64(49-45(47)37(27-57-49)31(2)3)13-9-20-67-42-23-34(58-48-46(42)38(28-56-48)52(53,54)55)30-69-35-12-16-62(7)40(24-35)36-25-39-44(26-41(36)63-17-21-66-22-18-63)71-51(59-39)60-50(65)33-10-14-61(6)15-11-33/h23,25-29,31-33,35,40H,8-22,24,30H2,1-7H3,(H2,56,58,59,60,65)/p+1. The van der Waals surface area contributed by atoms with E-state index in [4.69, 9.17) is 28.7 Å². The average molecular weight is 1010 g/mol. The molecule has 0 spiro atoms. The summed E-state index contributed by atoms with van der Waals surface area (Å²) in [6, 6.07) is 5.96. The first-order valence-corrected chi connectivity index (χ1v) is 26.1. The van der Waals surface area contributed by atoms with Crippen molar-refractivity contribution in [1.29, 1.82) is 0 Å². The molecule has 3 aliphatic heterocycles. The fraction of sp³-hybridized carbons (Fsp3) is 0.577. The van der Waals surface area contributed by atoms with E-state index in [2.05, 4.69) is 86.5 Å². The van der Waals surface area contributed by atoms with Crippen LogP contribution in [0, 0.1) is 5.92 Å². The molecule has 3 fully saturated rings. The van der Waals surface area contributed by atoms with Gasteiger partial charge in [0, 0.05) is 61.5 Å². The average Bonchev–Trinajstić information content (AvgIpc) is 4.10. The van der Waals surface area contributed by atoms with Crippen molar-refractivity contribution in [2.75, 3.05) is 83.5 Å². The predicted molar refractivity (Wildman–Crippen MR) is 270 cm³/mol. The Hall–Kier alpha value is -5.21. The number of piperidine rings is 2. The number of hydrogen-bond donors (Lipinski definition) is 3. The number of hydrogen-bond acceptors (Lipinski definition) is 12. The number of alkyl halides is 3. The van der Waals surface area contributed by atoms with E-state index in [1.807, 2.05) is 26.2 Å². The van der Waals surface area contributed by atoms with E-state index in [0.717, 1.165) is 103 Å². The number of likely N-dealkylation sites (tertiary alicyclic amines) is 2. The van der Waals surface area contributed by atoms with Crippen LogP contribution < -0.4 is 29.0 Å². The van der Waals surface area contributed by atoms with E-state index in [0.29, 0.717) is 61.5 Å². The zero-order valence-electron chi connectivity index (χ0n) is 42.0. The number of pyridine rings is 2. The van der Waals surface area contributed by atoms with Crippen LogP contribution >= 0.6 is 11.3 Å². The Bertz CT molecular complexity index is 2800. The first-order valence-electron chi connectivity index (χ1n) is 25.3. The predicted octanol–water partition coefficient (Wildman–Crippen LogP) is 9.60. The van der Waals surface area contributed by atoms with Gasteiger partial charge in [0.25, 0.3) is 5.65 Å². The first kappa shape index (κ1) is 50.7. The number of aromatic amines is 2. The molecule has 1 aromatic carbocycles. The summed E-state index contributed by atoms with van der Waals surface area (Å²) in [5.41, 5.74) is 4.80. The molecule has 19 heteroatoms. The number of amides is 1. The number of carbonyl (C=O) groups excluding carboxylic acids is 1. The second-order valence-corrected chi connectivity index (χ2v) is 20.9. The van der Waals surface area contributed by atoms with E-state index in [-0.39, 0.29) is 66.0 Å². The minimum Gasteiger partial charge on any atom is -0.493 e. The number of nitrogens with one attached hydrogen (secondary N) is 3. The van der Waals surface area contributed by atoms with Crippen LogP contribution in [-0.2, 0) is 33.6 Å². The molecular weight excluding hydrogens is 936 g/mol. The van der Waals surface area contributed by atoms with Gasteiger partial charge in [-0.25, -0.2) is 19.5 Å². The number of anilines is 2. The molecule has 384 valence electrons. The molecule has 3 aliphatic rings. The Labute approximate surface area is 417 Å². The lowest BCUT2D eigenvalue weighted by atomic mass is 9.92. The zero-order valence-corrected chi connectivity index (χ0v) is 42.9. The van der Waals surface area contributed by atoms with Crippen molar-refractivity contribution in [1.82, 2.24) is 29.7 Å². The minimum absolute atomic E-state index is 0.0165. The molecule has 0 radical (unpaired) electrons. The third-order valence-corrected chi connectivity index (χ3v) is 14.9. The van der Waals surface area contributed by atoms with Crippen LogP contribution in [0.15, 0.2) is 36.8 Å². The second-order valence-electron chi connectivity index (χ2n) is 19.9. The van der Waals surface area contributed by atoms with Crippen molar-refractivity contribution in [2.45, 2.75) is 117 Å². The third kappa shape index (κ3) is 11.4. The smallest absolute Gasteiger partial charge is 0.418 e. The quantitative estimate of drug-likeness (QED) is 0.0559. The van der Waals surface area contributed by atoms with E-state index in [9.17, 15) is 18.0 Å². The summed E-state index contributed by atoms with van der Waals surface area (Å²) < 4.78 is 77.8. The Morgan fingerprint density at radius 1 is 0.958 bits per heavy atom. The van der Waals surface area contributed by atoms with Gasteiger partial charge in [0.2, 0.25) is 11.7 Å². The number of thiazole rings is 1. The number of ether oxygens (including phenoxy) is 5. The molecule has 2 unspecified atom stereocenters. The van der Waals surface area contributed by atoms with Gasteiger partial charge in [-0.15, -0.1) is 0 Å². The lowest BCUT2D eigenvalue weighted by molar-refractivity contribution is -0.674. The van der Waals surface area contributed by atoms with Crippen LogP contribution in [0.4, 0.5) is 24.0 Å². The minimum atomic E-state index is -4.62. The summed E-state index contributed by atoms with van der Waals surface area (Å²) in [5.74, 6) is 1.66. The van der Waals surface area contributed by atoms with Gasteiger partial charge in [-0.3, -0.25) is 9.69 Å². The second kappa shape index (κ2) is 21.9. The van der Waals surface area contributed by atoms with Gasteiger partial charge in [0.05, 0.1) is 84.8 Å². The van der Waals surface area contributed by atoms with E-state index in [1.165, 1.54) is 11.3 Å². The summed E-state index contributed by atoms with van der Waals surface area (Å²) >= 11 is 1.50. The molecule has 2 atom stereocenters. The number of fused-ring (bicyclic) bond motifs is 3. The number of morpholine rings is 1. The summed E-state index contributed by atoms with van der Waals surface area (Å²) in [5, 5.41) is 4.59. The molecule has 9 rings (SSSR count). The molecule has 15 nitrogen and oxygen atoms in total. The molecule has 0 bridgehead atoms. The summed E-state index contributed by atoms with van der Waals surface area (Å²) in [7, 11) is 4.21. The van der Waals surface area contributed by atoms with Gasteiger partial charge < -0.3 is 43.8 Å². The third-order valence-electron chi connectivity index (χ3n) is 14.0. The van der Waals surface area contributed by atoms with E-state index >= 15 is 0 Å². The number of halogens is 3. The first-order chi connectivity index (χ1) is 34.1.